The minimum atomic E-state index is -5.69. The van der Waals surface area contributed by atoms with Gasteiger partial charge >= 0.3 is 10.1 Å². The summed E-state index contributed by atoms with van der Waals surface area (Å²) >= 11 is 0. The van der Waals surface area contributed by atoms with Gasteiger partial charge < -0.3 is 14.5 Å². The van der Waals surface area contributed by atoms with Crippen molar-refractivity contribution in [2.75, 3.05) is 38.0 Å². The molecule has 0 aliphatic carbocycles. The molecule has 6 nitrogen and oxygen atoms in total. The zero-order chi connectivity index (χ0) is 33.5. The third-order valence-electron chi connectivity index (χ3n) is 6.56. The minimum Gasteiger partial charge on any atom is -0.488 e. The summed E-state index contributed by atoms with van der Waals surface area (Å²) < 4.78 is 112. The van der Waals surface area contributed by atoms with Crippen LogP contribution in [0.15, 0.2) is 92.4 Å². The fraction of sp³-hybridized carbons (Fsp3) is 0.250. The van der Waals surface area contributed by atoms with Gasteiger partial charge in [0.2, 0.25) is 5.82 Å². The second kappa shape index (κ2) is 12.5. The van der Waals surface area contributed by atoms with E-state index in [1.165, 1.54) is 0 Å². The van der Waals surface area contributed by atoms with Crippen molar-refractivity contribution in [2.24, 2.45) is 0 Å². The predicted molar refractivity (Wildman–Crippen MR) is 165 cm³/mol. The fourth-order valence-corrected chi connectivity index (χ4v) is 9.71. The summed E-state index contributed by atoms with van der Waals surface area (Å²) in [4.78, 5) is 2.30. The van der Waals surface area contributed by atoms with E-state index in [1.807, 2.05) is 20.8 Å². The van der Waals surface area contributed by atoms with Crippen molar-refractivity contribution in [1.29, 1.82) is 0 Å². The van der Waals surface area contributed by atoms with Crippen molar-refractivity contribution in [3.63, 3.8) is 0 Å². The van der Waals surface area contributed by atoms with Crippen LogP contribution < -0.4 is 14.5 Å². The molecule has 0 radical (unpaired) electrons. The Morgan fingerprint density at radius 2 is 0.889 bits per heavy atom. The predicted octanol–water partition coefficient (Wildman–Crippen LogP) is 8.29. The number of nitrogens with zero attached hydrogens (tertiary/aromatic N) is 2. The monoisotopic (exact) mass is 668 g/mol. The Kier molecular flexibility index (Phi) is 9.49. The normalized spacial score (nSPS) is 12.6. The van der Waals surface area contributed by atoms with Gasteiger partial charge in [0.05, 0.1) is 0 Å². The van der Waals surface area contributed by atoms with E-state index >= 15 is 0 Å². The van der Waals surface area contributed by atoms with E-state index in [4.69, 9.17) is 8.37 Å². The molecule has 0 fully saturated rings. The lowest BCUT2D eigenvalue weighted by Crippen LogP contribution is -2.23. The molecule has 0 bridgehead atoms. The molecule has 0 saturated carbocycles. The highest BCUT2D eigenvalue weighted by atomic mass is 32.3. The fourth-order valence-electron chi connectivity index (χ4n) is 4.42. The van der Waals surface area contributed by atoms with Gasteiger partial charge in [-0.05, 0) is 104 Å². The lowest BCUT2D eigenvalue weighted by molar-refractivity contribution is 0.131. The summed E-state index contributed by atoms with van der Waals surface area (Å²) in [6.07, 6.45) is 0. The number of benzene rings is 4. The van der Waals surface area contributed by atoms with Gasteiger partial charge in [-0.2, -0.15) is 8.42 Å². The molecule has 0 aliphatic heterocycles. The van der Waals surface area contributed by atoms with Crippen LogP contribution in [0.3, 0.4) is 0 Å². The van der Waals surface area contributed by atoms with Crippen LogP contribution in [0.1, 0.15) is 20.8 Å². The summed E-state index contributed by atoms with van der Waals surface area (Å²) in [5.74, 6) is -11.9. The molecule has 0 aliphatic rings. The van der Waals surface area contributed by atoms with Crippen molar-refractivity contribution in [2.45, 2.75) is 46.0 Å². The Morgan fingerprint density at radius 3 is 1.22 bits per heavy atom. The molecule has 4 aromatic rings. The third kappa shape index (κ3) is 6.75. The van der Waals surface area contributed by atoms with Crippen LogP contribution in [-0.2, 0) is 13.7 Å². The first kappa shape index (κ1) is 34.1. The summed E-state index contributed by atoms with van der Waals surface area (Å²) in [6.45, 7) is 5.53. The van der Waals surface area contributed by atoms with Gasteiger partial charge in [0.25, 0.3) is 0 Å². The molecule has 0 atom stereocenters. The lowest BCUT2D eigenvalue weighted by Gasteiger charge is -2.40. The molecule has 0 N–H and O–H groups in total. The third-order valence-corrected chi connectivity index (χ3v) is 11.8. The van der Waals surface area contributed by atoms with Gasteiger partial charge in [0.15, 0.2) is 28.2 Å². The van der Waals surface area contributed by atoms with Gasteiger partial charge in [-0.15, -0.1) is 0 Å². The maximum absolute atomic E-state index is 15.0. The largest absolute Gasteiger partial charge is 0.488 e. The molecular weight excluding hydrogens is 635 g/mol. The van der Waals surface area contributed by atoms with Crippen LogP contribution in [-0.4, -0.2) is 42.2 Å². The van der Waals surface area contributed by atoms with E-state index in [0.717, 1.165) is 11.4 Å². The zero-order valence-corrected chi connectivity index (χ0v) is 27.3. The van der Waals surface area contributed by atoms with Crippen molar-refractivity contribution in [3.8, 4) is 5.75 Å². The topological polar surface area (TPSA) is 59.1 Å². The van der Waals surface area contributed by atoms with Gasteiger partial charge in [0.1, 0.15) is 11.4 Å². The van der Waals surface area contributed by atoms with Crippen LogP contribution in [0.25, 0.3) is 0 Å². The van der Waals surface area contributed by atoms with Crippen LogP contribution >= 0.6 is 10.3 Å². The Morgan fingerprint density at radius 1 is 0.556 bits per heavy atom. The van der Waals surface area contributed by atoms with Crippen molar-refractivity contribution in [1.82, 2.24) is 0 Å². The SMILES string of the molecule is CN(C)c1ccc(S(OS(=O)(=O)c2c(F)c(F)c(F)c(F)c2F)(c2ccc(OC(C)(C)C)cc2)c2ccc(N(C)C)cc2)cc1. The van der Waals surface area contributed by atoms with E-state index in [2.05, 4.69) is 0 Å². The van der Waals surface area contributed by atoms with Crippen molar-refractivity contribution >= 4 is 31.8 Å². The number of ether oxygens (including phenoxy) is 1. The number of rotatable bonds is 9. The molecule has 0 heterocycles. The van der Waals surface area contributed by atoms with Gasteiger partial charge in [-0.3, -0.25) is 0 Å². The average molecular weight is 669 g/mol. The first-order valence-corrected chi connectivity index (χ1v) is 16.5. The van der Waals surface area contributed by atoms with Gasteiger partial charge in [0, 0.05) is 54.3 Å². The number of anilines is 2. The Labute approximate surface area is 261 Å². The second-order valence-electron chi connectivity index (χ2n) is 11.4. The summed E-state index contributed by atoms with van der Waals surface area (Å²) in [5, 5.41) is 0. The quantitative estimate of drug-likeness (QED) is 0.102. The molecule has 0 aromatic heterocycles. The van der Waals surface area contributed by atoms with Crippen LogP contribution in [0.5, 0.6) is 5.75 Å². The molecule has 4 rings (SSSR count). The van der Waals surface area contributed by atoms with E-state index in [0.29, 0.717) is 5.75 Å². The summed E-state index contributed by atoms with van der Waals surface area (Å²) in [5.41, 5.74) is 0.916. The molecule has 4 aromatic carbocycles. The molecule has 0 spiro atoms. The van der Waals surface area contributed by atoms with E-state index < -0.39 is 60.0 Å². The van der Waals surface area contributed by atoms with E-state index in [-0.39, 0.29) is 14.7 Å². The molecular formula is C32H33F5N2O4S2. The van der Waals surface area contributed by atoms with E-state index in [1.54, 1.807) is 111 Å². The van der Waals surface area contributed by atoms with Crippen LogP contribution in [0, 0.1) is 29.1 Å². The zero-order valence-electron chi connectivity index (χ0n) is 25.7. The lowest BCUT2D eigenvalue weighted by atomic mass is 10.2. The van der Waals surface area contributed by atoms with Gasteiger partial charge in [-0.1, -0.05) is 0 Å². The summed E-state index contributed by atoms with van der Waals surface area (Å²) in [7, 11) is -2.00. The Bertz CT molecular complexity index is 1710. The number of hydrogen-bond acceptors (Lipinski definition) is 6. The second-order valence-corrected chi connectivity index (χ2v) is 15.8. The van der Waals surface area contributed by atoms with Crippen LogP contribution in [0.2, 0.25) is 0 Å². The maximum Gasteiger partial charge on any atom is 0.313 e. The van der Waals surface area contributed by atoms with Crippen LogP contribution in [0.4, 0.5) is 33.3 Å². The molecule has 242 valence electrons. The summed E-state index contributed by atoms with van der Waals surface area (Å²) in [6, 6.07) is 19.4. The average Bonchev–Trinajstić information content (AvgIpc) is 2.97. The Balaban J connectivity index is 2.08. The number of hydrogen-bond donors (Lipinski definition) is 0. The first-order valence-electron chi connectivity index (χ1n) is 13.5. The molecule has 0 amide bonds. The smallest absolute Gasteiger partial charge is 0.313 e. The highest BCUT2D eigenvalue weighted by Gasteiger charge is 2.43. The Hall–Kier alpha value is -3.81. The number of halogens is 5. The van der Waals surface area contributed by atoms with E-state index in [9.17, 15) is 30.4 Å². The first-order chi connectivity index (χ1) is 20.9. The standard InChI is InChI=1S/C32H33F5N2O4S2/c1-32(2,3)42-22-12-18-25(19-13-22)44(23-14-8-20(9-15-23)38(4)5,24-16-10-21(11-17-24)39(6)7)43-45(40,41)31-29(36)27(34)26(33)28(35)30(31)37/h8-19H,1-7H3. The van der Waals surface area contributed by atoms with Crippen molar-refractivity contribution in [3.05, 3.63) is 102 Å². The molecule has 45 heavy (non-hydrogen) atoms. The highest BCUT2D eigenvalue weighted by Crippen LogP contribution is 2.70. The molecule has 0 unspecified atom stereocenters. The maximum atomic E-state index is 15.0. The van der Waals surface area contributed by atoms with Gasteiger partial charge in [-0.25, -0.2) is 25.6 Å². The molecule has 13 heteroatoms. The van der Waals surface area contributed by atoms with Crippen molar-refractivity contribution < 1.29 is 38.7 Å². The minimum absolute atomic E-state index is 0.242. The molecule has 0 saturated heterocycles. The highest BCUT2D eigenvalue weighted by molar-refractivity contribution is 8.33.